The Morgan fingerprint density at radius 3 is 1.50 bits per heavy atom. The van der Waals surface area contributed by atoms with Crippen molar-refractivity contribution in [2.24, 2.45) is 11.5 Å². The van der Waals surface area contributed by atoms with Crippen LogP contribution in [0.3, 0.4) is 0 Å². The molecule has 0 radical (unpaired) electrons. The van der Waals surface area contributed by atoms with E-state index in [-0.39, 0.29) is 18.2 Å². The van der Waals surface area contributed by atoms with Gasteiger partial charge in [-0.2, -0.15) is 9.68 Å². The average Bonchev–Trinajstić information content (AvgIpc) is 2.02. The second-order valence-corrected chi connectivity index (χ2v) is 4.33. The molecule has 0 saturated heterocycles. The minimum absolute atomic E-state index is 0.0692. The molecule has 0 atom stereocenters. The van der Waals surface area contributed by atoms with Crippen molar-refractivity contribution in [3.8, 4) is 0 Å². The van der Waals surface area contributed by atoms with Gasteiger partial charge in [0, 0.05) is 13.1 Å². The van der Waals surface area contributed by atoms with Crippen molar-refractivity contribution in [2.75, 3.05) is 13.1 Å². The largest absolute Gasteiger partial charge is 0.478 e. The Morgan fingerprint density at radius 1 is 1.00 bits per heavy atom. The lowest BCUT2D eigenvalue weighted by atomic mass is 10.1. The van der Waals surface area contributed by atoms with E-state index >= 15 is 0 Å². The minimum Gasteiger partial charge on any atom is -0.327 e. The molecule has 0 aliphatic rings. The van der Waals surface area contributed by atoms with Crippen LogP contribution in [-0.4, -0.2) is 29.4 Å². The van der Waals surface area contributed by atoms with E-state index in [1.165, 1.54) is 0 Å². The molecule has 0 aromatic carbocycles. The minimum atomic E-state index is -0.744. The van der Waals surface area contributed by atoms with Crippen LogP contribution in [0.2, 0.25) is 0 Å². The fourth-order valence-corrected chi connectivity index (χ4v) is 0.497. The van der Waals surface area contributed by atoms with E-state index in [9.17, 15) is 4.91 Å². The van der Waals surface area contributed by atoms with Crippen LogP contribution in [0.15, 0.2) is 0 Å². The number of nitrogens with two attached hydrogens (primary N) is 2. The molecule has 14 heavy (non-hydrogen) atoms. The Morgan fingerprint density at radius 2 is 1.29 bits per heavy atom. The lowest BCUT2D eigenvalue weighted by Gasteiger charge is -2.17. The summed E-state index contributed by atoms with van der Waals surface area (Å²) < 4.78 is 0. The maximum Gasteiger partial charge on any atom is 0.478 e. The van der Waals surface area contributed by atoms with Crippen LogP contribution in [0, 0.1) is 4.91 Å². The first-order valence-corrected chi connectivity index (χ1v) is 4.48. The van der Waals surface area contributed by atoms with E-state index in [1.54, 1.807) is 27.7 Å². The van der Waals surface area contributed by atoms with E-state index in [1.807, 2.05) is 0 Å². The normalized spacial score (nSPS) is 12.4. The van der Waals surface area contributed by atoms with Crippen LogP contribution in [0.1, 0.15) is 27.7 Å². The van der Waals surface area contributed by atoms with Crippen LogP contribution in [0.25, 0.3) is 0 Å². The fourth-order valence-electron chi connectivity index (χ4n) is 0.497. The molecule has 4 N–H and O–H groups in total. The lowest BCUT2D eigenvalue weighted by Crippen LogP contribution is -2.42. The molecule has 0 saturated carbocycles. The highest BCUT2D eigenvalue weighted by atomic mass is 17.0. The molecule has 0 aliphatic carbocycles. The Bertz CT molecular complexity index is 184. The van der Waals surface area contributed by atoms with Crippen molar-refractivity contribution in [3.05, 3.63) is 4.91 Å². The molecule has 84 valence electrons. The van der Waals surface area contributed by atoms with E-state index in [0.29, 0.717) is 0 Å². The highest BCUT2D eigenvalue weighted by Gasteiger charge is 2.35. The van der Waals surface area contributed by atoms with Crippen molar-refractivity contribution in [3.63, 3.8) is 0 Å². The van der Waals surface area contributed by atoms with Gasteiger partial charge in [-0.1, -0.05) is 0 Å². The van der Waals surface area contributed by atoms with E-state index in [0.717, 1.165) is 0 Å². The zero-order valence-electron chi connectivity index (χ0n) is 9.24. The fraction of sp³-hybridized carbons (Fsp3) is 1.00. The Hall–Kier alpha value is -0.880. The zero-order valence-corrected chi connectivity index (χ0v) is 9.24. The molecule has 6 heteroatoms. The van der Waals surface area contributed by atoms with Gasteiger partial charge in [-0.15, -0.1) is 0 Å². The van der Waals surface area contributed by atoms with Crippen molar-refractivity contribution < 1.29 is 14.8 Å². The summed E-state index contributed by atoms with van der Waals surface area (Å²) in [5.74, 6) is 0. The first-order valence-electron chi connectivity index (χ1n) is 4.48. The van der Waals surface area contributed by atoms with Crippen LogP contribution in [0.4, 0.5) is 0 Å². The van der Waals surface area contributed by atoms with Gasteiger partial charge in [0.2, 0.25) is 0 Å². The second-order valence-electron chi connectivity index (χ2n) is 4.33. The third kappa shape index (κ3) is 4.98. The molecular formula is C8H20N3O3+. The monoisotopic (exact) mass is 206 g/mol. The quantitative estimate of drug-likeness (QED) is 0.602. The van der Waals surface area contributed by atoms with Crippen LogP contribution in [0.5, 0.6) is 0 Å². The number of nitrogens with zero attached hydrogens (tertiary/aromatic N) is 1. The summed E-state index contributed by atoms with van der Waals surface area (Å²) in [7, 11) is 0. The molecule has 0 aromatic heterocycles. The van der Waals surface area contributed by atoms with E-state index < -0.39 is 11.2 Å². The summed E-state index contributed by atoms with van der Waals surface area (Å²) in [5.41, 5.74) is 9.27. The first kappa shape index (κ1) is 13.1. The Labute approximate surface area is 84.0 Å². The molecule has 0 amide bonds. The predicted molar refractivity (Wildman–Crippen MR) is 52.1 cm³/mol. The molecule has 0 bridgehead atoms. The molecule has 0 rings (SSSR count). The van der Waals surface area contributed by atoms with Gasteiger partial charge in [-0.05, 0) is 27.7 Å². The van der Waals surface area contributed by atoms with Gasteiger partial charge in [0.15, 0.2) is 11.2 Å². The molecule has 0 aromatic rings. The molecule has 0 spiro atoms. The number of hydrogen-bond acceptors (Lipinski definition) is 5. The molecular weight excluding hydrogens is 186 g/mol. The number of rotatable bonds is 6. The second kappa shape index (κ2) is 4.56. The van der Waals surface area contributed by atoms with Gasteiger partial charge in [-0.25, -0.2) is 0 Å². The third-order valence-corrected chi connectivity index (χ3v) is 1.63. The van der Waals surface area contributed by atoms with Gasteiger partial charge in [-0.3, -0.25) is 0 Å². The maximum absolute atomic E-state index is 11.2. The molecule has 0 heterocycles. The summed E-state index contributed by atoms with van der Waals surface area (Å²) in [6.45, 7) is 7.21. The van der Waals surface area contributed by atoms with Crippen LogP contribution >= 0.6 is 0 Å². The van der Waals surface area contributed by atoms with Crippen molar-refractivity contribution >= 4 is 0 Å². The summed E-state index contributed by atoms with van der Waals surface area (Å²) in [5, 5.41) is 0.0692. The van der Waals surface area contributed by atoms with E-state index in [4.69, 9.17) is 21.1 Å². The third-order valence-electron chi connectivity index (χ3n) is 1.63. The van der Waals surface area contributed by atoms with Crippen molar-refractivity contribution in [2.45, 2.75) is 38.9 Å². The first-order chi connectivity index (χ1) is 6.22. The van der Waals surface area contributed by atoms with Gasteiger partial charge >= 0.3 is 5.09 Å². The summed E-state index contributed by atoms with van der Waals surface area (Å²) in [6.07, 6.45) is 0. The molecule has 6 nitrogen and oxygen atoms in total. The van der Waals surface area contributed by atoms with Gasteiger partial charge in [0.1, 0.15) is 4.91 Å². The highest BCUT2D eigenvalue weighted by Crippen LogP contribution is 2.11. The maximum atomic E-state index is 11.2. The molecule has 0 unspecified atom stereocenters. The SMILES string of the molecule is CC(C)(CN)O[N+](=O)OC(C)(C)CN. The average molecular weight is 206 g/mol. The predicted octanol–water partition coefficient (Wildman–Crippen LogP) is 0.103. The topological polar surface area (TPSA) is 90.6 Å². The standard InChI is InChI=1S/C8H20N3O3/c1-7(2,5-9)13-11(12)14-8(3,4)6-10/h5-6,9-10H2,1-4H3/q+1. The number of hydrogen-bond donors (Lipinski definition) is 2. The summed E-state index contributed by atoms with van der Waals surface area (Å²) >= 11 is 0. The van der Waals surface area contributed by atoms with Crippen molar-refractivity contribution in [1.82, 2.24) is 0 Å². The molecule has 0 aliphatic heterocycles. The van der Waals surface area contributed by atoms with Crippen LogP contribution < -0.4 is 11.5 Å². The zero-order chi connectivity index (χ0) is 11.4. The Balaban J connectivity index is 4.12. The van der Waals surface area contributed by atoms with Gasteiger partial charge < -0.3 is 11.5 Å². The molecule has 0 fully saturated rings. The Kier molecular flexibility index (Phi) is 4.28. The lowest BCUT2D eigenvalue weighted by molar-refractivity contribution is -1.00. The summed E-state index contributed by atoms with van der Waals surface area (Å²) in [4.78, 5) is 21.0. The van der Waals surface area contributed by atoms with Crippen molar-refractivity contribution in [1.29, 1.82) is 0 Å². The van der Waals surface area contributed by atoms with E-state index in [2.05, 4.69) is 0 Å². The highest BCUT2D eigenvalue weighted by molar-refractivity contribution is 4.66. The smallest absolute Gasteiger partial charge is 0.327 e. The van der Waals surface area contributed by atoms with Crippen LogP contribution in [-0.2, 0) is 9.68 Å². The van der Waals surface area contributed by atoms with Gasteiger partial charge in [0.05, 0.1) is 0 Å². The summed E-state index contributed by atoms with van der Waals surface area (Å²) in [6, 6.07) is 0. The van der Waals surface area contributed by atoms with Gasteiger partial charge in [0.25, 0.3) is 0 Å².